The average Bonchev–Trinajstić information content (AvgIpc) is 3.53. The van der Waals surface area contributed by atoms with E-state index >= 15 is 0 Å². The monoisotopic (exact) mass is 662 g/mol. The fourth-order valence-electron chi connectivity index (χ4n) is 5.63. The zero-order valence-electron chi connectivity index (χ0n) is 26.4. The van der Waals surface area contributed by atoms with Crippen LogP contribution in [0.15, 0.2) is 60.7 Å². The lowest BCUT2D eigenvalue weighted by Crippen LogP contribution is -2.74. The van der Waals surface area contributed by atoms with Crippen LogP contribution in [0.3, 0.4) is 0 Å². The Morgan fingerprint density at radius 2 is 1.63 bits per heavy atom. The first-order valence-corrected chi connectivity index (χ1v) is 17.0. The number of carbonyl (C=O) groups is 3. The summed E-state index contributed by atoms with van der Waals surface area (Å²) in [5.41, 5.74) is 1.44. The molecule has 252 valence electrons. The summed E-state index contributed by atoms with van der Waals surface area (Å²) >= 11 is 0. The summed E-state index contributed by atoms with van der Waals surface area (Å²) in [4.78, 5) is 40.7. The molecule has 14 heteroatoms. The van der Waals surface area contributed by atoms with Gasteiger partial charge in [0.15, 0.2) is 0 Å². The number of benzene rings is 2. The van der Waals surface area contributed by atoms with Crippen LogP contribution in [0, 0.1) is 0 Å². The van der Waals surface area contributed by atoms with Gasteiger partial charge in [0.1, 0.15) is 19.3 Å². The van der Waals surface area contributed by atoms with E-state index in [1.807, 2.05) is 36.4 Å². The lowest BCUT2D eigenvalue weighted by atomic mass is 9.88. The molecule has 2 aromatic carbocycles. The van der Waals surface area contributed by atoms with E-state index < -0.39 is 55.1 Å². The van der Waals surface area contributed by atoms with Gasteiger partial charge in [-0.2, -0.15) is 0 Å². The molecule has 2 aromatic rings. The number of hydrogen-bond donors (Lipinski definition) is 2. The van der Waals surface area contributed by atoms with Crippen LogP contribution in [-0.2, 0) is 53.6 Å². The second kappa shape index (κ2) is 16.6. The molecule has 2 aliphatic rings. The maximum Gasteiger partial charge on any atom is 0.364 e. The number of esters is 2. The highest BCUT2D eigenvalue weighted by Crippen LogP contribution is 2.57. The van der Waals surface area contributed by atoms with Gasteiger partial charge in [-0.05, 0) is 31.4 Å². The molecule has 0 radical (unpaired) electrons. The van der Waals surface area contributed by atoms with Crippen LogP contribution < -0.4 is 5.32 Å². The van der Waals surface area contributed by atoms with Crippen molar-refractivity contribution in [1.82, 2.24) is 10.2 Å². The minimum Gasteiger partial charge on any atom is -0.460 e. The van der Waals surface area contributed by atoms with Crippen LogP contribution in [0.25, 0.3) is 0 Å². The van der Waals surface area contributed by atoms with Gasteiger partial charge in [-0.15, -0.1) is 0 Å². The van der Waals surface area contributed by atoms with Crippen molar-refractivity contribution >= 4 is 25.4 Å². The Kier molecular flexibility index (Phi) is 12.9. The molecule has 0 unspecified atom stereocenters. The number of nitrogens with zero attached hydrogens (tertiary/aromatic N) is 1. The molecular weight excluding hydrogens is 619 g/mol. The predicted molar refractivity (Wildman–Crippen MR) is 165 cm³/mol. The Morgan fingerprint density at radius 3 is 2.20 bits per heavy atom. The summed E-state index contributed by atoms with van der Waals surface area (Å²) < 4.78 is 48.1. The number of rotatable bonds is 18. The molecule has 13 nitrogen and oxygen atoms in total. The number of likely N-dealkylation sites (tertiary alicyclic amines) is 1. The molecular formula is C32H43N2O11P. The zero-order valence-corrected chi connectivity index (χ0v) is 27.3. The molecule has 0 bridgehead atoms. The molecule has 4 rings (SSSR count). The summed E-state index contributed by atoms with van der Waals surface area (Å²) in [7, 11) is -4.30. The fourth-order valence-corrected chi connectivity index (χ4v) is 7.63. The zero-order chi connectivity index (χ0) is 33.2. The molecule has 0 aromatic heterocycles. The van der Waals surface area contributed by atoms with Crippen molar-refractivity contribution in [1.29, 1.82) is 0 Å². The van der Waals surface area contributed by atoms with Crippen molar-refractivity contribution in [2.45, 2.75) is 69.9 Å². The number of amides is 1. The molecule has 0 saturated carbocycles. The van der Waals surface area contributed by atoms with E-state index in [4.69, 9.17) is 28.0 Å². The van der Waals surface area contributed by atoms with Gasteiger partial charge in [0.2, 0.25) is 17.5 Å². The Bertz CT molecular complexity index is 1330. The van der Waals surface area contributed by atoms with Crippen LogP contribution in [0.4, 0.5) is 0 Å². The Morgan fingerprint density at radius 1 is 1.02 bits per heavy atom. The third kappa shape index (κ3) is 8.60. The van der Waals surface area contributed by atoms with Crippen LogP contribution in [0.1, 0.15) is 50.8 Å². The van der Waals surface area contributed by atoms with Gasteiger partial charge < -0.3 is 38.0 Å². The summed E-state index contributed by atoms with van der Waals surface area (Å²) in [5, 5.41) is 13.5. The summed E-state index contributed by atoms with van der Waals surface area (Å²) in [6.45, 7) is 4.31. The third-order valence-corrected chi connectivity index (χ3v) is 10.1. The second-order valence-corrected chi connectivity index (χ2v) is 13.0. The van der Waals surface area contributed by atoms with E-state index in [2.05, 4.69) is 5.32 Å². The molecule has 0 aliphatic carbocycles. The Balaban J connectivity index is 1.68. The third-order valence-electron chi connectivity index (χ3n) is 7.77. The van der Waals surface area contributed by atoms with Crippen LogP contribution in [-0.4, -0.2) is 91.1 Å². The summed E-state index contributed by atoms with van der Waals surface area (Å²) in [5.74, 6) is -5.00. The van der Waals surface area contributed by atoms with Gasteiger partial charge in [-0.3, -0.25) is 19.5 Å². The first-order valence-electron chi connectivity index (χ1n) is 15.4. The first-order chi connectivity index (χ1) is 22.2. The Hall–Kier alpha value is -3.16. The molecule has 2 saturated heterocycles. The number of nitrogens with one attached hydrogen (secondary N) is 1. The number of β-lactam (4-membered cyclic amide) rings is 1. The van der Waals surface area contributed by atoms with Gasteiger partial charge in [0.25, 0.3) is 0 Å². The van der Waals surface area contributed by atoms with Crippen molar-refractivity contribution in [2.24, 2.45) is 0 Å². The molecule has 2 fully saturated rings. The maximum atomic E-state index is 14.3. The standard InChI is InChI=1S/C32H43N2O11P/c1-4-44-46(39,45-5-2)30(31(38)40-21-24-12-8-6-9-13-24)34-27(16-17-32(22-41-23(3)36)42-18-19-43-32)28(29(34)37)33-26(20-35)25-14-10-7-11-15-25/h6-15,26-28,30,33,35H,4-5,16-22H2,1-3H3/t26-,27-,28+,30+/m1/s1. The number of aliphatic hydroxyl groups is 1. The molecule has 2 heterocycles. The largest absolute Gasteiger partial charge is 0.460 e. The minimum atomic E-state index is -4.30. The van der Waals surface area contributed by atoms with E-state index in [1.54, 1.807) is 38.1 Å². The molecule has 46 heavy (non-hydrogen) atoms. The van der Waals surface area contributed by atoms with Crippen LogP contribution >= 0.6 is 7.60 Å². The van der Waals surface area contributed by atoms with Gasteiger partial charge in [-0.1, -0.05) is 60.7 Å². The van der Waals surface area contributed by atoms with Gasteiger partial charge in [-0.25, -0.2) is 4.79 Å². The molecule has 1 amide bonds. The summed E-state index contributed by atoms with van der Waals surface area (Å²) in [6.07, 6.45) is 0.319. The van der Waals surface area contributed by atoms with Crippen molar-refractivity contribution in [3.63, 3.8) is 0 Å². The molecule has 2 N–H and O–H groups in total. The number of aliphatic hydroxyl groups excluding tert-OH is 1. The highest BCUT2D eigenvalue weighted by atomic mass is 31.2. The van der Waals surface area contributed by atoms with Gasteiger partial charge in [0.05, 0.1) is 45.1 Å². The minimum absolute atomic E-state index is 0.0537. The maximum absolute atomic E-state index is 14.3. The topological polar surface area (TPSA) is 159 Å². The number of ether oxygens (including phenoxy) is 4. The lowest BCUT2D eigenvalue weighted by Gasteiger charge is -2.52. The van der Waals surface area contributed by atoms with Gasteiger partial charge >= 0.3 is 19.5 Å². The van der Waals surface area contributed by atoms with Crippen molar-refractivity contribution in [3.8, 4) is 0 Å². The molecule has 4 atom stereocenters. The van der Waals surface area contributed by atoms with E-state index in [1.165, 1.54) is 11.8 Å². The van der Waals surface area contributed by atoms with Gasteiger partial charge in [0, 0.05) is 13.3 Å². The fraction of sp³-hybridized carbons (Fsp3) is 0.531. The molecule has 2 aliphatic heterocycles. The van der Waals surface area contributed by atoms with Crippen molar-refractivity contribution in [3.05, 3.63) is 71.8 Å². The van der Waals surface area contributed by atoms with E-state index in [0.717, 1.165) is 5.56 Å². The quantitative estimate of drug-likeness (QED) is 0.136. The van der Waals surface area contributed by atoms with E-state index in [0.29, 0.717) is 5.56 Å². The normalized spacial score (nSPS) is 20.5. The Labute approximate surface area is 269 Å². The average molecular weight is 663 g/mol. The summed E-state index contributed by atoms with van der Waals surface area (Å²) in [6, 6.07) is 15.7. The number of carbonyl (C=O) groups excluding carboxylic acids is 3. The van der Waals surface area contributed by atoms with E-state index in [9.17, 15) is 24.1 Å². The smallest absolute Gasteiger partial charge is 0.364 e. The second-order valence-electron chi connectivity index (χ2n) is 10.9. The SMILES string of the molecule is CCOP(=O)(OCC)[C@@H](C(=O)OCc1ccccc1)N1C(=O)[C@@H](N[C@H](CO)c2ccccc2)[C@H]1CCC1(COC(C)=O)OCCO1. The van der Waals surface area contributed by atoms with Crippen molar-refractivity contribution < 1.29 is 52.1 Å². The van der Waals surface area contributed by atoms with Crippen LogP contribution in [0.2, 0.25) is 0 Å². The molecule has 0 spiro atoms. The lowest BCUT2D eigenvalue weighted by molar-refractivity contribution is -0.205. The van der Waals surface area contributed by atoms with Crippen molar-refractivity contribution in [2.75, 3.05) is 39.6 Å². The highest BCUT2D eigenvalue weighted by molar-refractivity contribution is 7.55. The number of hydrogen-bond acceptors (Lipinski definition) is 12. The first kappa shape index (κ1) is 35.7. The predicted octanol–water partition coefficient (Wildman–Crippen LogP) is 3.31. The highest BCUT2D eigenvalue weighted by Gasteiger charge is 2.60. The van der Waals surface area contributed by atoms with Crippen LogP contribution in [0.5, 0.6) is 0 Å². The van der Waals surface area contributed by atoms with E-state index in [-0.39, 0.29) is 59.1 Å².